The molecule has 0 saturated heterocycles. The standard InChI is InChI=1S/C37H58NO7P/c1-2-3-4-5-6-7-8-9-10-11-12-13-14-15-16-17-18-19-20-21-22-23-24-25-26-27-28-29-30-31-37(40)43-34-36(39)35-45-46(41,42)44-33-32-38/h3-4,6-7,9-10,12-13,15-16,18-19,21-22,24-25,27-28,36,39H,2,5,8,11,14,17,20,23,26,29-35,38H2,1H3,(H,41,42)/b4-3-,7-6-,10-9-,13-12-,16-15-,19-18-,22-21-,25-24-,28-27-. The van der Waals surface area contributed by atoms with Crippen molar-refractivity contribution in [3.63, 3.8) is 0 Å². The van der Waals surface area contributed by atoms with E-state index >= 15 is 0 Å². The molecule has 0 aromatic carbocycles. The van der Waals surface area contributed by atoms with Crippen molar-refractivity contribution in [3.8, 4) is 0 Å². The zero-order chi connectivity index (χ0) is 33.8. The highest BCUT2D eigenvalue weighted by Crippen LogP contribution is 2.42. The monoisotopic (exact) mass is 659 g/mol. The third-order valence-corrected chi connectivity index (χ3v) is 6.89. The number of phosphoric ester groups is 1. The predicted molar refractivity (Wildman–Crippen MR) is 191 cm³/mol. The number of carbonyl (C=O) groups excluding carboxylic acids is 1. The molecule has 0 amide bonds. The second kappa shape index (κ2) is 33.5. The molecule has 0 saturated carbocycles. The van der Waals surface area contributed by atoms with Crippen LogP contribution in [0.5, 0.6) is 0 Å². The average molecular weight is 660 g/mol. The number of hydrogen-bond acceptors (Lipinski definition) is 7. The quantitative estimate of drug-likeness (QED) is 0.0315. The molecular weight excluding hydrogens is 601 g/mol. The van der Waals surface area contributed by atoms with E-state index in [1.165, 1.54) is 0 Å². The molecule has 0 aliphatic heterocycles. The van der Waals surface area contributed by atoms with Gasteiger partial charge in [-0.1, -0.05) is 116 Å². The third-order valence-electron chi connectivity index (χ3n) is 5.90. The van der Waals surface area contributed by atoms with Gasteiger partial charge >= 0.3 is 13.8 Å². The number of allylic oxidation sites excluding steroid dienone is 18. The number of nitrogens with two attached hydrogens (primary N) is 1. The van der Waals surface area contributed by atoms with Crippen LogP contribution in [0.4, 0.5) is 0 Å². The van der Waals surface area contributed by atoms with Gasteiger partial charge in [0, 0.05) is 13.0 Å². The summed E-state index contributed by atoms with van der Waals surface area (Å²) < 4.78 is 25.6. The minimum Gasteiger partial charge on any atom is -0.463 e. The lowest BCUT2D eigenvalue weighted by Crippen LogP contribution is -2.23. The van der Waals surface area contributed by atoms with Crippen molar-refractivity contribution in [2.75, 3.05) is 26.4 Å². The van der Waals surface area contributed by atoms with E-state index in [1.807, 2.05) is 6.08 Å². The summed E-state index contributed by atoms with van der Waals surface area (Å²) in [5, 5.41) is 9.72. The van der Waals surface area contributed by atoms with Crippen molar-refractivity contribution in [1.29, 1.82) is 0 Å². The van der Waals surface area contributed by atoms with E-state index in [9.17, 15) is 19.4 Å². The van der Waals surface area contributed by atoms with Crippen LogP contribution in [0.25, 0.3) is 0 Å². The number of hydrogen-bond donors (Lipinski definition) is 3. The minimum atomic E-state index is -4.27. The first kappa shape index (κ1) is 43.2. The summed E-state index contributed by atoms with van der Waals surface area (Å²) in [6.45, 7) is 1.24. The van der Waals surface area contributed by atoms with Crippen LogP contribution in [0.2, 0.25) is 0 Å². The second-order valence-electron chi connectivity index (χ2n) is 10.2. The molecule has 2 atom stereocenters. The Kier molecular flexibility index (Phi) is 31.5. The van der Waals surface area contributed by atoms with E-state index in [4.69, 9.17) is 10.5 Å². The van der Waals surface area contributed by atoms with Crippen LogP contribution in [0.1, 0.15) is 84.0 Å². The van der Waals surface area contributed by atoms with Gasteiger partial charge in [0.15, 0.2) is 0 Å². The van der Waals surface area contributed by atoms with Crippen LogP contribution in [0.3, 0.4) is 0 Å². The summed E-state index contributed by atoms with van der Waals surface area (Å²) in [6.07, 6.45) is 48.2. The van der Waals surface area contributed by atoms with Gasteiger partial charge in [-0.3, -0.25) is 13.8 Å². The molecule has 4 N–H and O–H groups in total. The molecule has 8 nitrogen and oxygen atoms in total. The fourth-order valence-electron chi connectivity index (χ4n) is 3.51. The SMILES string of the molecule is CC/C=C\C/C=C\C/C=C\C/C=C\C/C=C\C/C=C\C/C=C\C/C=C\C/C=C\CCCC(=O)OCC(O)COP(=O)(O)OCCN. The van der Waals surface area contributed by atoms with Gasteiger partial charge in [-0.2, -0.15) is 0 Å². The maximum atomic E-state index is 11.8. The first-order chi connectivity index (χ1) is 22.4. The molecule has 0 aliphatic rings. The number of rotatable bonds is 29. The second-order valence-corrected chi connectivity index (χ2v) is 11.6. The average Bonchev–Trinajstić information content (AvgIpc) is 3.04. The van der Waals surface area contributed by atoms with Crippen molar-refractivity contribution in [3.05, 3.63) is 109 Å². The van der Waals surface area contributed by atoms with Gasteiger partial charge in [0.25, 0.3) is 0 Å². The van der Waals surface area contributed by atoms with Crippen molar-refractivity contribution in [2.45, 2.75) is 90.1 Å². The number of phosphoric acid groups is 1. The summed E-state index contributed by atoms with van der Waals surface area (Å²) in [4.78, 5) is 21.1. The van der Waals surface area contributed by atoms with Gasteiger partial charge in [-0.15, -0.1) is 0 Å². The smallest absolute Gasteiger partial charge is 0.463 e. The Hall–Kier alpha value is -2.84. The largest absolute Gasteiger partial charge is 0.472 e. The number of ether oxygens (including phenoxy) is 1. The number of aliphatic hydroxyl groups excluding tert-OH is 1. The van der Waals surface area contributed by atoms with Crippen LogP contribution < -0.4 is 5.73 Å². The van der Waals surface area contributed by atoms with Crippen LogP contribution in [-0.2, 0) is 23.1 Å². The molecule has 9 heteroatoms. The van der Waals surface area contributed by atoms with E-state index in [-0.39, 0.29) is 26.2 Å². The van der Waals surface area contributed by atoms with Crippen molar-refractivity contribution >= 4 is 13.8 Å². The van der Waals surface area contributed by atoms with E-state index in [0.717, 1.165) is 64.2 Å². The Morgan fingerprint density at radius 3 is 1.43 bits per heavy atom. The molecule has 46 heavy (non-hydrogen) atoms. The fraction of sp³-hybridized carbons (Fsp3) is 0.486. The maximum Gasteiger partial charge on any atom is 0.472 e. The minimum absolute atomic E-state index is 0.0599. The molecule has 2 unspecified atom stereocenters. The lowest BCUT2D eigenvalue weighted by Gasteiger charge is -2.15. The summed E-state index contributed by atoms with van der Waals surface area (Å²) in [7, 11) is -4.27. The molecule has 0 radical (unpaired) electrons. The van der Waals surface area contributed by atoms with Crippen molar-refractivity contribution in [1.82, 2.24) is 0 Å². The van der Waals surface area contributed by atoms with Crippen LogP contribution >= 0.6 is 7.82 Å². The molecule has 0 aromatic rings. The lowest BCUT2D eigenvalue weighted by molar-refractivity contribution is -0.147. The van der Waals surface area contributed by atoms with E-state index < -0.39 is 26.5 Å². The molecule has 0 aromatic heterocycles. The maximum absolute atomic E-state index is 11.8. The Balaban J connectivity index is 3.70. The molecule has 0 aliphatic carbocycles. The Labute approximate surface area is 278 Å². The molecule has 0 spiro atoms. The van der Waals surface area contributed by atoms with Crippen LogP contribution in [-0.4, -0.2) is 48.4 Å². The predicted octanol–water partition coefficient (Wildman–Crippen LogP) is 8.69. The normalized spacial score (nSPS) is 15.1. The number of esters is 1. The van der Waals surface area contributed by atoms with Crippen molar-refractivity contribution in [2.24, 2.45) is 5.73 Å². The number of carbonyl (C=O) groups is 1. The van der Waals surface area contributed by atoms with Gasteiger partial charge in [-0.05, 0) is 70.6 Å². The van der Waals surface area contributed by atoms with Gasteiger partial charge < -0.3 is 20.5 Å². The van der Waals surface area contributed by atoms with Crippen LogP contribution in [0, 0.1) is 0 Å². The van der Waals surface area contributed by atoms with Crippen LogP contribution in [0.15, 0.2) is 109 Å². The highest BCUT2D eigenvalue weighted by Gasteiger charge is 2.22. The van der Waals surface area contributed by atoms with Gasteiger partial charge in [0.2, 0.25) is 0 Å². The highest BCUT2D eigenvalue weighted by molar-refractivity contribution is 7.47. The first-order valence-electron chi connectivity index (χ1n) is 16.4. The van der Waals surface area contributed by atoms with E-state index in [2.05, 4.69) is 119 Å². The molecule has 0 rings (SSSR count). The molecule has 0 fully saturated rings. The third kappa shape index (κ3) is 34.0. The summed E-state index contributed by atoms with van der Waals surface area (Å²) >= 11 is 0. The van der Waals surface area contributed by atoms with E-state index in [1.54, 1.807) is 0 Å². The molecule has 258 valence electrons. The summed E-state index contributed by atoms with van der Waals surface area (Å²) in [6, 6.07) is 0. The summed E-state index contributed by atoms with van der Waals surface area (Å²) in [5.41, 5.74) is 5.18. The van der Waals surface area contributed by atoms with Gasteiger partial charge in [-0.25, -0.2) is 4.57 Å². The Bertz CT molecular complexity index is 1050. The van der Waals surface area contributed by atoms with Gasteiger partial charge in [0.1, 0.15) is 12.7 Å². The number of aliphatic hydroxyl groups is 1. The first-order valence-corrected chi connectivity index (χ1v) is 17.9. The van der Waals surface area contributed by atoms with E-state index in [0.29, 0.717) is 6.42 Å². The Morgan fingerprint density at radius 2 is 1.04 bits per heavy atom. The zero-order valence-corrected chi connectivity index (χ0v) is 28.6. The van der Waals surface area contributed by atoms with Crippen molar-refractivity contribution < 1.29 is 33.1 Å². The highest BCUT2D eigenvalue weighted by atomic mass is 31.2. The zero-order valence-electron chi connectivity index (χ0n) is 27.7. The number of unbranched alkanes of at least 4 members (excludes halogenated alkanes) is 1. The molecular formula is C37H58NO7P. The van der Waals surface area contributed by atoms with Gasteiger partial charge in [0.05, 0.1) is 13.2 Å². The Morgan fingerprint density at radius 1 is 0.652 bits per heavy atom. The summed E-state index contributed by atoms with van der Waals surface area (Å²) in [5.74, 6) is -0.449. The topological polar surface area (TPSA) is 128 Å². The lowest BCUT2D eigenvalue weighted by atomic mass is 10.2. The molecule has 0 heterocycles. The fourth-order valence-corrected chi connectivity index (χ4v) is 4.28. The molecule has 0 bridgehead atoms.